The predicted octanol–water partition coefficient (Wildman–Crippen LogP) is 4.99. The summed E-state index contributed by atoms with van der Waals surface area (Å²) < 4.78 is 13.5. The summed E-state index contributed by atoms with van der Waals surface area (Å²) in [4.78, 5) is 6.99. The van der Waals surface area contributed by atoms with Gasteiger partial charge in [-0.2, -0.15) is 0 Å². The highest BCUT2D eigenvalue weighted by atomic mass is 32.1. The first-order valence-corrected chi connectivity index (χ1v) is 10.2. The minimum absolute atomic E-state index is 0.401. The van der Waals surface area contributed by atoms with Gasteiger partial charge in [-0.1, -0.05) is 41.7 Å². The molecule has 0 saturated heterocycles. The normalized spacial score (nSPS) is 11.1. The summed E-state index contributed by atoms with van der Waals surface area (Å²) in [5.74, 6) is 1.47. The zero-order valence-corrected chi connectivity index (χ0v) is 16.8. The molecule has 4 rings (SSSR count). The van der Waals surface area contributed by atoms with Crippen molar-refractivity contribution in [3.63, 3.8) is 0 Å². The van der Waals surface area contributed by atoms with Crippen molar-refractivity contribution in [3.8, 4) is 33.2 Å². The lowest BCUT2D eigenvalue weighted by Gasteiger charge is -2.12. The Morgan fingerprint density at radius 1 is 0.964 bits per heavy atom. The Balaban J connectivity index is 1.78. The average Bonchev–Trinajstić information content (AvgIpc) is 3.28. The molecule has 0 saturated carbocycles. The lowest BCUT2D eigenvalue weighted by molar-refractivity contribution is 0.288. The Morgan fingerprint density at radius 3 is 2.43 bits per heavy atom. The molecule has 0 radical (unpaired) electrons. The second-order valence-electron chi connectivity index (χ2n) is 6.25. The number of imidazole rings is 1. The molecule has 0 unspecified atom stereocenters. The van der Waals surface area contributed by atoms with Crippen molar-refractivity contribution in [2.75, 3.05) is 13.2 Å². The summed E-state index contributed by atoms with van der Waals surface area (Å²) in [5, 5.41) is 0. The van der Waals surface area contributed by atoms with Gasteiger partial charge in [0.05, 0.1) is 29.5 Å². The first-order valence-electron chi connectivity index (χ1n) is 9.41. The summed E-state index contributed by atoms with van der Waals surface area (Å²) >= 11 is 1.66. The molecule has 0 amide bonds. The number of ether oxygens (including phenoxy) is 2. The van der Waals surface area contributed by atoms with E-state index in [-0.39, 0.29) is 0 Å². The van der Waals surface area contributed by atoms with E-state index in [1.165, 1.54) is 10.4 Å². The monoisotopic (exact) mass is 393 g/mol. The van der Waals surface area contributed by atoms with E-state index in [4.69, 9.17) is 20.2 Å². The van der Waals surface area contributed by atoms with Crippen LogP contribution in [0.4, 0.5) is 0 Å². The van der Waals surface area contributed by atoms with E-state index < -0.39 is 0 Å². The molecule has 2 aromatic carbocycles. The molecule has 144 valence electrons. The van der Waals surface area contributed by atoms with Crippen LogP contribution in [0.25, 0.3) is 26.7 Å². The third kappa shape index (κ3) is 3.37. The van der Waals surface area contributed by atoms with Gasteiger partial charge in [-0.3, -0.25) is 4.40 Å². The van der Waals surface area contributed by atoms with Crippen molar-refractivity contribution in [1.29, 1.82) is 0 Å². The van der Waals surface area contributed by atoms with Crippen molar-refractivity contribution in [2.24, 2.45) is 5.73 Å². The topological polar surface area (TPSA) is 61.8 Å². The lowest BCUT2D eigenvalue weighted by atomic mass is 10.1. The standard InChI is InChI=1S/C22H23N3O2S/c1-3-26-18-11-10-16(12-19(18)27-4-2)21-17(13-23)25-14-20(28-22(25)24-21)15-8-6-5-7-9-15/h5-12,14H,3-4,13,23H2,1-2H3. The Morgan fingerprint density at radius 2 is 1.71 bits per heavy atom. The molecule has 6 heteroatoms. The third-order valence-electron chi connectivity index (χ3n) is 4.49. The fourth-order valence-corrected chi connectivity index (χ4v) is 4.26. The smallest absolute Gasteiger partial charge is 0.195 e. The van der Waals surface area contributed by atoms with Gasteiger partial charge in [0.2, 0.25) is 0 Å². The summed E-state index contributed by atoms with van der Waals surface area (Å²) in [6, 6.07) is 16.3. The number of rotatable bonds is 7. The quantitative estimate of drug-likeness (QED) is 0.481. The van der Waals surface area contributed by atoms with Crippen LogP contribution in [0.3, 0.4) is 0 Å². The van der Waals surface area contributed by atoms with Gasteiger partial charge in [0.15, 0.2) is 16.5 Å². The average molecular weight is 394 g/mol. The van der Waals surface area contributed by atoms with Crippen LogP contribution in [-0.4, -0.2) is 22.6 Å². The fourth-order valence-electron chi connectivity index (χ4n) is 3.25. The van der Waals surface area contributed by atoms with Crippen LogP contribution in [0.15, 0.2) is 54.7 Å². The zero-order chi connectivity index (χ0) is 19.5. The molecule has 2 heterocycles. The molecule has 0 fully saturated rings. The number of aromatic nitrogens is 2. The van der Waals surface area contributed by atoms with E-state index in [9.17, 15) is 0 Å². The van der Waals surface area contributed by atoms with Gasteiger partial charge in [-0.15, -0.1) is 0 Å². The lowest BCUT2D eigenvalue weighted by Crippen LogP contribution is -2.02. The molecule has 0 spiro atoms. The Kier molecular flexibility index (Phi) is 5.32. The molecule has 2 N–H and O–H groups in total. The van der Waals surface area contributed by atoms with Crippen LogP contribution in [0, 0.1) is 0 Å². The van der Waals surface area contributed by atoms with Gasteiger partial charge in [-0.25, -0.2) is 4.98 Å². The molecule has 0 bridgehead atoms. The largest absolute Gasteiger partial charge is 0.490 e. The molecule has 4 aromatic rings. The number of nitrogens with two attached hydrogens (primary N) is 1. The van der Waals surface area contributed by atoms with E-state index in [1.807, 2.05) is 50.2 Å². The minimum atomic E-state index is 0.401. The Bertz CT molecular complexity index is 1090. The molecule has 2 aromatic heterocycles. The highest BCUT2D eigenvalue weighted by Gasteiger charge is 2.18. The van der Waals surface area contributed by atoms with E-state index in [0.29, 0.717) is 19.8 Å². The summed E-state index contributed by atoms with van der Waals surface area (Å²) in [6.45, 7) is 5.50. The SMILES string of the molecule is CCOc1ccc(-c2nc3sc(-c4ccccc4)cn3c2CN)cc1OCC. The molecular formula is C22H23N3O2S. The van der Waals surface area contributed by atoms with Crippen LogP contribution in [0.5, 0.6) is 11.5 Å². The van der Waals surface area contributed by atoms with Crippen LogP contribution in [0.1, 0.15) is 19.5 Å². The first kappa shape index (κ1) is 18.5. The molecule has 0 atom stereocenters. The van der Waals surface area contributed by atoms with Crippen LogP contribution < -0.4 is 15.2 Å². The molecular weight excluding hydrogens is 370 g/mol. The maximum atomic E-state index is 6.11. The van der Waals surface area contributed by atoms with Gasteiger partial charge >= 0.3 is 0 Å². The number of thiazole rings is 1. The van der Waals surface area contributed by atoms with E-state index in [1.54, 1.807) is 11.3 Å². The van der Waals surface area contributed by atoms with Gasteiger partial charge in [0, 0.05) is 18.3 Å². The van der Waals surface area contributed by atoms with Gasteiger partial charge in [-0.05, 0) is 37.6 Å². The molecule has 0 aliphatic carbocycles. The second-order valence-corrected chi connectivity index (χ2v) is 7.26. The third-order valence-corrected chi connectivity index (χ3v) is 5.53. The number of hydrogen-bond donors (Lipinski definition) is 1. The molecule has 0 aliphatic heterocycles. The van der Waals surface area contributed by atoms with Crippen LogP contribution in [0.2, 0.25) is 0 Å². The van der Waals surface area contributed by atoms with Crippen molar-refractivity contribution in [1.82, 2.24) is 9.38 Å². The molecule has 0 aliphatic rings. The highest BCUT2D eigenvalue weighted by Crippen LogP contribution is 2.36. The van der Waals surface area contributed by atoms with Crippen molar-refractivity contribution in [2.45, 2.75) is 20.4 Å². The summed E-state index contributed by atoms with van der Waals surface area (Å²) in [6.07, 6.45) is 2.12. The first-order chi connectivity index (χ1) is 13.7. The van der Waals surface area contributed by atoms with Crippen LogP contribution in [-0.2, 0) is 6.54 Å². The van der Waals surface area contributed by atoms with Crippen LogP contribution >= 0.6 is 11.3 Å². The predicted molar refractivity (Wildman–Crippen MR) is 114 cm³/mol. The van der Waals surface area contributed by atoms with Crippen molar-refractivity contribution >= 4 is 16.3 Å². The van der Waals surface area contributed by atoms with E-state index in [2.05, 4.69) is 22.7 Å². The summed E-state index contributed by atoms with van der Waals surface area (Å²) in [7, 11) is 0. The molecule has 5 nitrogen and oxygen atoms in total. The van der Waals surface area contributed by atoms with Gasteiger partial charge in [0.25, 0.3) is 0 Å². The second kappa shape index (κ2) is 8.04. The maximum absolute atomic E-state index is 6.11. The Hall–Kier alpha value is -2.83. The minimum Gasteiger partial charge on any atom is -0.490 e. The molecule has 28 heavy (non-hydrogen) atoms. The van der Waals surface area contributed by atoms with E-state index in [0.717, 1.165) is 33.4 Å². The van der Waals surface area contributed by atoms with Gasteiger partial charge < -0.3 is 15.2 Å². The maximum Gasteiger partial charge on any atom is 0.195 e. The highest BCUT2D eigenvalue weighted by molar-refractivity contribution is 7.20. The number of benzene rings is 2. The number of fused-ring (bicyclic) bond motifs is 1. The fraction of sp³-hybridized carbons (Fsp3) is 0.227. The van der Waals surface area contributed by atoms with Gasteiger partial charge in [0.1, 0.15) is 0 Å². The zero-order valence-electron chi connectivity index (χ0n) is 16.0. The van der Waals surface area contributed by atoms with E-state index >= 15 is 0 Å². The van der Waals surface area contributed by atoms with Crippen molar-refractivity contribution < 1.29 is 9.47 Å². The number of hydrogen-bond acceptors (Lipinski definition) is 5. The van der Waals surface area contributed by atoms with Crippen molar-refractivity contribution in [3.05, 3.63) is 60.4 Å². The Labute approximate surface area is 168 Å². The summed E-state index contributed by atoms with van der Waals surface area (Å²) in [5.41, 5.74) is 10.1. The number of nitrogens with zero attached hydrogens (tertiary/aromatic N) is 2.